The second-order valence-corrected chi connectivity index (χ2v) is 11.3. The number of benzene rings is 2. The van der Waals surface area contributed by atoms with Gasteiger partial charge >= 0.3 is 48.9 Å². The van der Waals surface area contributed by atoms with Crippen LogP contribution in [0.5, 0.6) is 0 Å². The SMILES string of the molecule is CCCCCCCc1cccc(S(=O)(=O)[O-])c1.CCCCCCCc1cccc(S(=O)(=O)[O-])c1.[Ba+2]. The van der Waals surface area contributed by atoms with E-state index >= 15 is 0 Å². The molecule has 0 amide bonds. The van der Waals surface area contributed by atoms with Crippen LogP contribution in [0.15, 0.2) is 58.3 Å². The number of unbranched alkanes of at least 4 members (excludes halogenated alkanes) is 8. The maximum absolute atomic E-state index is 10.8. The van der Waals surface area contributed by atoms with Gasteiger partial charge < -0.3 is 9.11 Å². The summed E-state index contributed by atoms with van der Waals surface area (Å²) in [6, 6.07) is 12.7. The molecule has 0 aromatic heterocycles. The number of aryl methyl sites for hydroxylation is 2. The third kappa shape index (κ3) is 16.3. The van der Waals surface area contributed by atoms with E-state index in [2.05, 4.69) is 13.8 Å². The van der Waals surface area contributed by atoms with Crippen molar-refractivity contribution in [2.24, 2.45) is 0 Å². The Morgan fingerprint density at radius 3 is 1.23 bits per heavy atom. The Hall–Kier alpha value is -0.169. The molecule has 2 rings (SSSR count). The van der Waals surface area contributed by atoms with Gasteiger partial charge in [0.15, 0.2) is 0 Å². The van der Waals surface area contributed by atoms with Crippen LogP contribution in [-0.2, 0) is 33.1 Å². The van der Waals surface area contributed by atoms with Crippen molar-refractivity contribution in [3.63, 3.8) is 0 Å². The molecule has 0 spiro atoms. The zero-order valence-electron chi connectivity index (χ0n) is 21.1. The fraction of sp³-hybridized carbons (Fsp3) is 0.538. The number of rotatable bonds is 14. The van der Waals surface area contributed by atoms with Crippen molar-refractivity contribution in [3.8, 4) is 0 Å². The fourth-order valence-corrected chi connectivity index (χ4v) is 4.66. The van der Waals surface area contributed by atoms with Gasteiger partial charge in [-0.1, -0.05) is 89.5 Å². The van der Waals surface area contributed by atoms with Gasteiger partial charge in [0.25, 0.3) is 0 Å². The molecule has 0 aliphatic rings. The van der Waals surface area contributed by atoms with Gasteiger partial charge in [-0.15, -0.1) is 0 Å². The summed E-state index contributed by atoms with van der Waals surface area (Å²) in [5, 5.41) is 0. The second-order valence-electron chi connectivity index (χ2n) is 8.53. The molecule has 9 heteroatoms. The Morgan fingerprint density at radius 1 is 0.571 bits per heavy atom. The molecule has 192 valence electrons. The number of hydrogen-bond donors (Lipinski definition) is 0. The summed E-state index contributed by atoms with van der Waals surface area (Å²) in [4.78, 5) is -0.243. The van der Waals surface area contributed by atoms with Crippen molar-refractivity contribution in [1.82, 2.24) is 0 Å². The molecule has 0 heterocycles. The van der Waals surface area contributed by atoms with Crippen molar-refractivity contribution >= 4 is 69.1 Å². The third-order valence-electron chi connectivity index (χ3n) is 5.51. The van der Waals surface area contributed by atoms with Crippen molar-refractivity contribution < 1.29 is 25.9 Å². The summed E-state index contributed by atoms with van der Waals surface area (Å²) in [6.45, 7) is 4.34. The maximum Gasteiger partial charge on any atom is 2.00 e. The molecule has 0 radical (unpaired) electrons. The van der Waals surface area contributed by atoms with Crippen LogP contribution in [-0.4, -0.2) is 74.8 Å². The Balaban J connectivity index is 0.000000642. The van der Waals surface area contributed by atoms with Crippen LogP contribution in [0.2, 0.25) is 0 Å². The van der Waals surface area contributed by atoms with E-state index in [1.165, 1.54) is 62.8 Å². The van der Waals surface area contributed by atoms with Crippen molar-refractivity contribution in [1.29, 1.82) is 0 Å². The first kappa shape index (κ1) is 34.8. The van der Waals surface area contributed by atoms with Crippen LogP contribution < -0.4 is 0 Å². The Morgan fingerprint density at radius 2 is 0.914 bits per heavy atom. The van der Waals surface area contributed by atoms with E-state index in [9.17, 15) is 25.9 Å². The standard InChI is InChI=1S/2C13H20O3S.Ba/c2*1-2-3-4-5-6-8-12-9-7-10-13(11-12)17(14,15)16;/h2*7,9-11H,2-6,8H2,1H3,(H,14,15,16);/q;;+2/p-2. The van der Waals surface area contributed by atoms with Gasteiger partial charge in [0.05, 0.1) is 9.79 Å². The minimum Gasteiger partial charge on any atom is -0.744 e. The predicted molar refractivity (Wildman–Crippen MR) is 139 cm³/mol. The molecule has 0 N–H and O–H groups in total. The molecule has 6 nitrogen and oxygen atoms in total. The molecule has 0 saturated heterocycles. The maximum atomic E-state index is 10.8. The molecule has 0 aliphatic heterocycles. The monoisotopic (exact) mass is 648 g/mol. The number of hydrogen-bond acceptors (Lipinski definition) is 6. The van der Waals surface area contributed by atoms with Gasteiger partial charge in [-0.3, -0.25) is 0 Å². The molecular weight excluding hydrogens is 610 g/mol. The van der Waals surface area contributed by atoms with Crippen LogP contribution in [0, 0.1) is 0 Å². The second kappa shape index (κ2) is 19.0. The quantitative estimate of drug-likeness (QED) is 0.145. The van der Waals surface area contributed by atoms with Crippen LogP contribution >= 0.6 is 0 Å². The molecule has 35 heavy (non-hydrogen) atoms. The van der Waals surface area contributed by atoms with Gasteiger partial charge in [-0.05, 0) is 61.1 Å². The summed E-state index contributed by atoms with van der Waals surface area (Å²) in [5.74, 6) is 0. The van der Waals surface area contributed by atoms with Crippen molar-refractivity contribution in [3.05, 3.63) is 59.7 Å². The molecule has 0 bridgehead atoms. The van der Waals surface area contributed by atoms with Crippen LogP contribution in [0.3, 0.4) is 0 Å². The Kier molecular flexibility index (Phi) is 18.9. The van der Waals surface area contributed by atoms with Gasteiger partial charge in [0.2, 0.25) is 0 Å². The normalized spacial score (nSPS) is 11.3. The molecule has 0 saturated carbocycles. The summed E-state index contributed by atoms with van der Waals surface area (Å²) in [5.41, 5.74) is 1.86. The molecule has 2 aromatic carbocycles. The first-order valence-electron chi connectivity index (χ1n) is 12.2. The summed E-state index contributed by atoms with van der Waals surface area (Å²) >= 11 is 0. The van der Waals surface area contributed by atoms with E-state index < -0.39 is 20.2 Å². The first-order chi connectivity index (χ1) is 16.1. The van der Waals surface area contributed by atoms with Gasteiger partial charge in [0, 0.05) is 0 Å². The van der Waals surface area contributed by atoms with Crippen molar-refractivity contribution in [2.75, 3.05) is 0 Å². The van der Waals surface area contributed by atoms with Crippen molar-refractivity contribution in [2.45, 2.75) is 101 Å². The summed E-state index contributed by atoms with van der Waals surface area (Å²) < 4.78 is 65.1. The smallest absolute Gasteiger partial charge is 0.744 e. The molecule has 2 aromatic rings. The van der Waals surface area contributed by atoms with Gasteiger partial charge in [-0.25, -0.2) is 16.8 Å². The average molecular weight is 648 g/mol. The van der Waals surface area contributed by atoms with Gasteiger partial charge in [0.1, 0.15) is 20.2 Å². The molecule has 0 fully saturated rings. The van der Waals surface area contributed by atoms with E-state index in [4.69, 9.17) is 0 Å². The van der Waals surface area contributed by atoms with E-state index in [-0.39, 0.29) is 58.7 Å². The largest absolute Gasteiger partial charge is 2.00 e. The topological polar surface area (TPSA) is 114 Å². The zero-order chi connectivity index (χ0) is 25.5. The molecule has 0 aliphatic carbocycles. The van der Waals surface area contributed by atoms with E-state index in [0.29, 0.717) is 0 Å². The van der Waals surface area contributed by atoms with Crippen LogP contribution in [0.25, 0.3) is 0 Å². The minimum atomic E-state index is -4.31. The van der Waals surface area contributed by atoms with Crippen LogP contribution in [0.4, 0.5) is 0 Å². The Labute approximate surface area is 252 Å². The van der Waals surface area contributed by atoms with E-state index in [0.717, 1.165) is 49.7 Å². The molecular formula is C26H38BaO6S2. The molecule has 0 atom stereocenters. The summed E-state index contributed by atoms with van der Waals surface area (Å²) in [6.07, 6.45) is 13.4. The average Bonchev–Trinajstić information content (AvgIpc) is 2.79. The third-order valence-corrected chi connectivity index (χ3v) is 7.17. The zero-order valence-corrected chi connectivity index (χ0v) is 27.2. The Bertz CT molecular complexity index is 968. The summed E-state index contributed by atoms with van der Waals surface area (Å²) in [7, 11) is -8.63. The van der Waals surface area contributed by atoms with E-state index in [1.807, 2.05) is 12.1 Å². The predicted octanol–water partition coefficient (Wildman–Crippen LogP) is 5.83. The van der Waals surface area contributed by atoms with E-state index in [1.54, 1.807) is 12.1 Å². The van der Waals surface area contributed by atoms with Gasteiger partial charge in [-0.2, -0.15) is 0 Å². The molecule has 0 unspecified atom stereocenters. The van der Waals surface area contributed by atoms with Crippen LogP contribution in [0.1, 0.15) is 89.2 Å². The first-order valence-corrected chi connectivity index (χ1v) is 15.0. The fourth-order valence-electron chi connectivity index (χ4n) is 3.58. The minimum absolute atomic E-state index is 0.